The van der Waals surface area contributed by atoms with E-state index in [2.05, 4.69) is 15.3 Å². The van der Waals surface area contributed by atoms with Crippen LogP contribution in [-0.4, -0.2) is 45.0 Å². The van der Waals surface area contributed by atoms with Crippen molar-refractivity contribution in [2.24, 2.45) is 0 Å². The van der Waals surface area contributed by atoms with E-state index < -0.39 is 11.9 Å². The number of thioether (sulfide) groups is 1. The van der Waals surface area contributed by atoms with Crippen LogP contribution >= 0.6 is 11.8 Å². The predicted octanol–water partition coefficient (Wildman–Crippen LogP) is 0.589. The van der Waals surface area contributed by atoms with Crippen LogP contribution in [0.1, 0.15) is 27.9 Å². The number of aromatic amines is 1. The maximum atomic E-state index is 11.6. The van der Waals surface area contributed by atoms with E-state index in [0.717, 1.165) is 0 Å². The second kappa shape index (κ2) is 5.55. The molecule has 1 unspecified atom stereocenters. The third-order valence-corrected chi connectivity index (χ3v) is 2.99. The molecule has 0 aliphatic carbocycles. The first-order valence-electron chi connectivity index (χ1n) is 4.64. The Morgan fingerprint density at radius 1 is 1.69 bits per heavy atom. The summed E-state index contributed by atoms with van der Waals surface area (Å²) in [6.07, 6.45) is 3.13. The Hall–Kier alpha value is -1.50. The van der Waals surface area contributed by atoms with Crippen molar-refractivity contribution in [3.8, 4) is 0 Å². The minimum absolute atomic E-state index is 0.0826. The number of aromatic nitrogens is 2. The number of aromatic carboxylic acids is 1. The molecular weight excluding hydrogens is 230 g/mol. The molecule has 0 bridgehead atoms. The Kier molecular flexibility index (Phi) is 4.36. The van der Waals surface area contributed by atoms with Gasteiger partial charge in [-0.15, -0.1) is 0 Å². The summed E-state index contributed by atoms with van der Waals surface area (Å²) in [4.78, 5) is 28.4. The van der Waals surface area contributed by atoms with E-state index in [1.165, 1.54) is 6.33 Å². The fraction of sp³-hybridized carbons (Fsp3) is 0.444. The molecular formula is C9H13N3O3S. The topological polar surface area (TPSA) is 95.1 Å². The molecule has 0 saturated heterocycles. The molecule has 1 aromatic rings. The van der Waals surface area contributed by atoms with Gasteiger partial charge < -0.3 is 15.4 Å². The number of carbonyl (C=O) groups is 2. The fourth-order valence-corrected chi connectivity index (χ4v) is 1.28. The van der Waals surface area contributed by atoms with E-state index in [0.29, 0.717) is 6.54 Å². The van der Waals surface area contributed by atoms with Gasteiger partial charge in [0.15, 0.2) is 11.4 Å². The molecule has 0 aromatic carbocycles. The Balaban J connectivity index is 2.66. The van der Waals surface area contributed by atoms with E-state index >= 15 is 0 Å². The van der Waals surface area contributed by atoms with Gasteiger partial charge in [-0.1, -0.05) is 6.92 Å². The zero-order valence-corrected chi connectivity index (χ0v) is 9.80. The third-order valence-electron chi connectivity index (χ3n) is 2.02. The molecule has 0 saturated carbocycles. The Bertz CT molecular complexity index is 391. The number of nitrogens with one attached hydrogen (secondary N) is 2. The van der Waals surface area contributed by atoms with Crippen molar-refractivity contribution in [2.45, 2.75) is 12.2 Å². The number of hydrogen-bond acceptors (Lipinski definition) is 4. The van der Waals surface area contributed by atoms with Crippen molar-refractivity contribution in [3.63, 3.8) is 0 Å². The van der Waals surface area contributed by atoms with Crippen molar-refractivity contribution < 1.29 is 14.7 Å². The lowest BCUT2D eigenvalue weighted by Crippen LogP contribution is -2.30. The normalized spacial score (nSPS) is 12.1. The van der Waals surface area contributed by atoms with Gasteiger partial charge in [0, 0.05) is 11.8 Å². The maximum Gasteiger partial charge on any atom is 0.354 e. The van der Waals surface area contributed by atoms with Crippen molar-refractivity contribution in [1.82, 2.24) is 15.3 Å². The molecule has 0 aliphatic heterocycles. The van der Waals surface area contributed by atoms with E-state index in [1.54, 1.807) is 11.8 Å². The number of carbonyl (C=O) groups excluding carboxylic acids is 1. The van der Waals surface area contributed by atoms with Gasteiger partial charge >= 0.3 is 5.97 Å². The van der Waals surface area contributed by atoms with Gasteiger partial charge in [-0.25, -0.2) is 9.78 Å². The van der Waals surface area contributed by atoms with Crippen LogP contribution in [0.15, 0.2) is 6.33 Å². The van der Waals surface area contributed by atoms with E-state index in [-0.39, 0.29) is 16.6 Å². The van der Waals surface area contributed by atoms with Gasteiger partial charge in [-0.05, 0) is 6.26 Å². The molecule has 1 aromatic heterocycles. The highest BCUT2D eigenvalue weighted by Crippen LogP contribution is 2.05. The molecule has 1 rings (SSSR count). The fourth-order valence-electron chi connectivity index (χ4n) is 1.03. The molecule has 3 N–H and O–H groups in total. The van der Waals surface area contributed by atoms with Crippen LogP contribution in [0.2, 0.25) is 0 Å². The van der Waals surface area contributed by atoms with Crippen LogP contribution < -0.4 is 5.32 Å². The minimum Gasteiger partial charge on any atom is -0.477 e. The molecule has 7 heteroatoms. The van der Waals surface area contributed by atoms with Crippen molar-refractivity contribution in [2.75, 3.05) is 12.8 Å². The zero-order chi connectivity index (χ0) is 12.1. The lowest BCUT2D eigenvalue weighted by molar-refractivity contribution is 0.0685. The molecule has 6 nitrogen and oxygen atoms in total. The average Bonchev–Trinajstić information content (AvgIpc) is 2.74. The first-order valence-corrected chi connectivity index (χ1v) is 5.92. The highest BCUT2D eigenvalue weighted by atomic mass is 32.2. The summed E-state index contributed by atoms with van der Waals surface area (Å²) < 4.78 is 0. The van der Waals surface area contributed by atoms with Crippen LogP contribution in [0.5, 0.6) is 0 Å². The molecule has 88 valence electrons. The lowest BCUT2D eigenvalue weighted by atomic mass is 10.3. The number of carboxylic acid groups (broad SMARTS) is 1. The number of rotatable bonds is 5. The third kappa shape index (κ3) is 2.99. The van der Waals surface area contributed by atoms with Crippen LogP contribution in [-0.2, 0) is 0 Å². The summed E-state index contributed by atoms with van der Waals surface area (Å²) in [5.41, 5.74) is -0.268. The van der Waals surface area contributed by atoms with Crippen molar-refractivity contribution in [1.29, 1.82) is 0 Å². The molecule has 1 heterocycles. The first-order chi connectivity index (χ1) is 7.56. The second-order valence-electron chi connectivity index (χ2n) is 3.19. The highest BCUT2D eigenvalue weighted by Gasteiger charge is 2.19. The van der Waals surface area contributed by atoms with Crippen molar-refractivity contribution in [3.05, 3.63) is 17.7 Å². The molecule has 0 spiro atoms. The Morgan fingerprint density at radius 2 is 2.38 bits per heavy atom. The number of carboxylic acids is 1. The standard InChI is InChI=1S/C9H13N3O3S/c1-5(16-2)3-10-8(13)6-7(9(14)15)12-4-11-6/h4-5H,3H2,1-2H3,(H,10,13)(H,11,12)(H,14,15). The summed E-state index contributed by atoms with van der Waals surface area (Å²) in [6.45, 7) is 2.44. The van der Waals surface area contributed by atoms with Gasteiger partial charge in [-0.3, -0.25) is 4.79 Å². The summed E-state index contributed by atoms with van der Waals surface area (Å²) in [5.74, 6) is -1.67. The van der Waals surface area contributed by atoms with Gasteiger partial charge in [0.1, 0.15) is 0 Å². The number of H-pyrrole nitrogens is 1. The van der Waals surface area contributed by atoms with Crippen LogP contribution in [0, 0.1) is 0 Å². The average molecular weight is 243 g/mol. The molecule has 16 heavy (non-hydrogen) atoms. The molecule has 0 fully saturated rings. The monoisotopic (exact) mass is 243 g/mol. The Labute approximate surface area is 96.8 Å². The predicted molar refractivity (Wildman–Crippen MR) is 60.9 cm³/mol. The van der Waals surface area contributed by atoms with Gasteiger partial charge in [0.2, 0.25) is 0 Å². The number of imidazole rings is 1. The summed E-state index contributed by atoms with van der Waals surface area (Å²) in [6, 6.07) is 0. The van der Waals surface area contributed by atoms with Gasteiger partial charge in [0.25, 0.3) is 5.91 Å². The zero-order valence-electron chi connectivity index (χ0n) is 8.98. The van der Waals surface area contributed by atoms with Crippen LogP contribution in [0.25, 0.3) is 0 Å². The summed E-state index contributed by atoms with van der Waals surface area (Å²) >= 11 is 1.62. The number of nitrogens with zero attached hydrogens (tertiary/aromatic N) is 1. The van der Waals surface area contributed by atoms with E-state index in [9.17, 15) is 9.59 Å². The molecule has 1 atom stereocenters. The van der Waals surface area contributed by atoms with Gasteiger partial charge in [-0.2, -0.15) is 11.8 Å². The Morgan fingerprint density at radius 3 is 2.94 bits per heavy atom. The summed E-state index contributed by atoms with van der Waals surface area (Å²) in [7, 11) is 0. The lowest BCUT2D eigenvalue weighted by Gasteiger charge is -2.08. The molecule has 1 amide bonds. The van der Waals surface area contributed by atoms with Crippen LogP contribution in [0.3, 0.4) is 0 Å². The summed E-state index contributed by atoms with van der Waals surface area (Å²) in [5, 5.41) is 11.7. The second-order valence-corrected chi connectivity index (χ2v) is 4.46. The number of amides is 1. The quantitative estimate of drug-likeness (QED) is 0.703. The SMILES string of the molecule is CSC(C)CNC(=O)c1nc[nH]c1C(=O)O. The number of hydrogen-bond donors (Lipinski definition) is 3. The van der Waals surface area contributed by atoms with E-state index in [4.69, 9.17) is 5.11 Å². The highest BCUT2D eigenvalue weighted by molar-refractivity contribution is 7.99. The maximum absolute atomic E-state index is 11.6. The first kappa shape index (κ1) is 12.6. The van der Waals surface area contributed by atoms with Crippen LogP contribution in [0.4, 0.5) is 0 Å². The van der Waals surface area contributed by atoms with Gasteiger partial charge in [0.05, 0.1) is 6.33 Å². The molecule has 0 radical (unpaired) electrons. The minimum atomic E-state index is -1.19. The smallest absolute Gasteiger partial charge is 0.354 e. The van der Waals surface area contributed by atoms with Crippen molar-refractivity contribution >= 4 is 23.6 Å². The largest absolute Gasteiger partial charge is 0.477 e. The van der Waals surface area contributed by atoms with E-state index in [1.807, 2.05) is 13.2 Å². The molecule has 0 aliphatic rings.